The standard InChI is InChI=1S/C13H13NO/c1-7-8(2)13(15)11-9-5-3-4-6-10(9)14-12(7)11/h3-8,14H,1-2H3/t7-,8+/m1/s1. The van der Waals surface area contributed by atoms with Gasteiger partial charge in [0.15, 0.2) is 5.78 Å². The van der Waals surface area contributed by atoms with Gasteiger partial charge in [0.25, 0.3) is 0 Å². The first kappa shape index (κ1) is 8.72. The van der Waals surface area contributed by atoms with E-state index in [1.54, 1.807) is 0 Å². The monoisotopic (exact) mass is 199 g/mol. The molecule has 2 nitrogen and oxygen atoms in total. The minimum absolute atomic E-state index is 0.121. The number of carbonyl (C=O) groups excluding carboxylic acids is 1. The van der Waals surface area contributed by atoms with Crippen LogP contribution in [0.15, 0.2) is 24.3 Å². The number of hydrogen-bond acceptors (Lipinski definition) is 1. The Morgan fingerprint density at radius 3 is 2.67 bits per heavy atom. The summed E-state index contributed by atoms with van der Waals surface area (Å²) in [7, 11) is 0. The molecule has 1 aliphatic carbocycles. The van der Waals surface area contributed by atoms with Crippen molar-refractivity contribution in [1.29, 1.82) is 0 Å². The summed E-state index contributed by atoms with van der Waals surface area (Å²) >= 11 is 0. The summed E-state index contributed by atoms with van der Waals surface area (Å²) < 4.78 is 0. The second-order valence-electron chi connectivity index (χ2n) is 4.40. The lowest BCUT2D eigenvalue weighted by Gasteiger charge is -2.07. The number of benzene rings is 1. The third-order valence-corrected chi connectivity index (χ3v) is 3.60. The zero-order chi connectivity index (χ0) is 10.6. The van der Waals surface area contributed by atoms with Crippen LogP contribution in [0.5, 0.6) is 0 Å². The van der Waals surface area contributed by atoms with Crippen molar-refractivity contribution < 1.29 is 4.79 Å². The molecular weight excluding hydrogens is 186 g/mol. The van der Waals surface area contributed by atoms with E-state index in [0.717, 1.165) is 22.2 Å². The Morgan fingerprint density at radius 1 is 1.13 bits per heavy atom. The zero-order valence-electron chi connectivity index (χ0n) is 8.87. The molecule has 0 saturated carbocycles. The van der Waals surface area contributed by atoms with Crippen LogP contribution in [-0.4, -0.2) is 10.8 Å². The van der Waals surface area contributed by atoms with Gasteiger partial charge in [-0.25, -0.2) is 0 Å². The first-order valence-corrected chi connectivity index (χ1v) is 5.35. The third-order valence-electron chi connectivity index (χ3n) is 3.60. The topological polar surface area (TPSA) is 32.9 Å². The fourth-order valence-electron chi connectivity index (χ4n) is 2.47. The van der Waals surface area contributed by atoms with E-state index in [-0.39, 0.29) is 11.7 Å². The van der Waals surface area contributed by atoms with E-state index in [0.29, 0.717) is 5.92 Å². The summed E-state index contributed by atoms with van der Waals surface area (Å²) in [6, 6.07) is 8.02. The smallest absolute Gasteiger partial charge is 0.168 e. The van der Waals surface area contributed by atoms with Gasteiger partial charge in [0.1, 0.15) is 0 Å². The van der Waals surface area contributed by atoms with E-state index < -0.39 is 0 Å². The highest BCUT2D eigenvalue weighted by atomic mass is 16.1. The molecule has 1 aromatic carbocycles. The van der Waals surface area contributed by atoms with Gasteiger partial charge in [0.2, 0.25) is 0 Å². The number of aromatic nitrogens is 1. The highest BCUT2D eigenvalue weighted by molar-refractivity contribution is 6.13. The van der Waals surface area contributed by atoms with Crippen LogP contribution < -0.4 is 0 Å². The second kappa shape index (κ2) is 2.72. The Kier molecular flexibility index (Phi) is 1.58. The highest BCUT2D eigenvalue weighted by Gasteiger charge is 2.36. The molecule has 2 heteroatoms. The quantitative estimate of drug-likeness (QED) is 0.694. The molecule has 0 amide bonds. The summed E-state index contributed by atoms with van der Waals surface area (Å²) in [5.41, 5.74) is 3.12. The van der Waals surface area contributed by atoms with Crippen LogP contribution in [0.3, 0.4) is 0 Å². The Morgan fingerprint density at radius 2 is 1.87 bits per heavy atom. The molecule has 1 heterocycles. The molecule has 15 heavy (non-hydrogen) atoms. The number of H-pyrrole nitrogens is 1. The Bertz CT molecular complexity index is 553. The molecule has 0 spiro atoms. The van der Waals surface area contributed by atoms with Crippen LogP contribution >= 0.6 is 0 Å². The molecule has 0 saturated heterocycles. The lowest BCUT2D eigenvalue weighted by atomic mass is 9.98. The number of Topliss-reactive ketones (excluding diaryl/α,β-unsaturated/α-hetero) is 1. The zero-order valence-corrected chi connectivity index (χ0v) is 8.87. The van der Waals surface area contributed by atoms with Crippen molar-refractivity contribution in [3.05, 3.63) is 35.5 Å². The van der Waals surface area contributed by atoms with Gasteiger partial charge in [-0.15, -0.1) is 0 Å². The summed E-state index contributed by atoms with van der Waals surface area (Å²) in [6.45, 7) is 4.12. The summed E-state index contributed by atoms with van der Waals surface area (Å²) in [5.74, 6) is 0.728. The molecule has 1 N–H and O–H groups in total. The number of carbonyl (C=O) groups is 1. The van der Waals surface area contributed by atoms with Crippen molar-refractivity contribution in [2.45, 2.75) is 19.8 Å². The Labute approximate surface area is 88.3 Å². The molecule has 0 bridgehead atoms. The normalized spacial score (nSPS) is 24.8. The van der Waals surface area contributed by atoms with Crippen molar-refractivity contribution in [2.24, 2.45) is 5.92 Å². The van der Waals surface area contributed by atoms with Gasteiger partial charge in [-0.1, -0.05) is 32.0 Å². The van der Waals surface area contributed by atoms with Gasteiger partial charge in [-0.2, -0.15) is 0 Å². The number of para-hydroxylation sites is 1. The number of fused-ring (bicyclic) bond motifs is 3. The predicted molar refractivity (Wildman–Crippen MR) is 60.2 cm³/mol. The van der Waals surface area contributed by atoms with Crippen LogP contribution in [0.4, 0.5) is 0 Å². The van der Waals surface area contributed by atoms with Gasteiger partial charge in [0.05, 0.1) is 0 Å². The lowest BCUT2D eigenvalue weighted by molar-refractivity contribution is 0.0938. The summed E-state index contributed by atoms with van der Waals surface area (Å²) in [5, 5.41) is 1.08. The van der Waals surface area contributed by atoms with E-state index in [2.05, 4.69) is 11.9 Å². The first-order chi connectivity index (χ1) is 7.20. The molecule has 1 aliphatic rings. The van der Waals surface area contributed by atoms with Crippen molar-refractivity contribution in [1.82, 2.24) is 4.98 Å². The number of ketones is 1. The maximum Gasteiger partial charge on any atom is 0.168 e. The average Bonchev–Trinajstić information content (AvgIpc) is 2.72. The van der Waals surface area contributed by atoms with Gasteiger partial charge < -0.3 is 4.98 Å². The fourth-order valence-corrected chi connectivity index (χ4v) is 2.47. The molecule has 3 rings (SSSR count). The van der Waals surface area contributed by atoms with Gasteiger partial charge in [0, 0.05) is 34.0 Å². The SMILES string of the molecule is C[C@@H]1C(=O)c2c([nH]c3ccccc23)[C@@H]1C. The Balaban J connectivity index is 2.39. The summed E-state index contributed by atoms with van der Waals surface area (Å²) in [4.78, 5) is 15.4. The minimum atomic E-state index is 0.121. The average molecular weight is 199 g/mol. The highest BCUT2D eigenvalue weighted by Crippen LogP contribution is 2.40. The second-order valence-corrected chi connectivity index (χ2v) is 4.40. The minimum Gasteiger partial charge on any atom is -0.358 e. The van der Waals surface area contributed by atoms with E-state index in [9.17, 15) is 4.79 Å². The van der Waals surface area contributed by atoms with Crippen LogP contribution in [0.2, 0.25) is 0 Å². The summed E-state index contributed by atoms with van der Waals surface area (Å²) in [6.07, 6.45) is 0. The van der Waals surface area contributed by atoms with Crippen molar-refractivity contribution in [3.8, 4) is 0 Å². The molecule has 1 aromatic heterocycles. The maximum absolute atomic E-state index is 12.1. The Hall–Kier alpha value is -1.57. The molecular formula is C13H13NO. The van der Waals surface area contributed by atoms with Gasteiger partial charge in [-0.05, 0) is 6.07 Å². The van der Waals surface area contributed by atoms with E-state index in [1.807, 2.05) is 31.2 Å². The van der Waals surface area contributed by atoms with E-state index in [1.165, 1.54) is 0 Å². The van der Waals surface area contributed by atoms with Crippen molar-refractivity contribution >= 4 is 16.7 Å². The number of hydrogen-bond donors (Lipinski definition) is 1. The van der Waals surface area contributed by atoms with Crippen LogP contribution in [0.1, 0.15) is 35.8 Å². The van der Waals surface area contributed by atoms with Gasteiger partial charge >= 0.3 is 0 Å². The molecule has 0 aliphatic heterocycles. The first-order valence-electron chi connectivity index (χ1n) is 5.35. The molecule has 0 fully saturated rings. The molecule has 0 unspecified atom stereocenters. The van der Waals surface area contributed by atoms with Crippen LogP contribution in [0.25, 0.3) is 10.9 Å². The molecule has 2 aromatic rings. The number of rotatable bonds is 0. The largest absolute Gasteiger partial charge is 0.358 e. The molecule has 2 atom stereocenters. The fraction of sp³-hybridized carbons (Fsp3) is 0.308. The van der Waals surface area contributed by atoms with E-state index in [4.69, 9.17) is 0 Å². The van der Waals surface area contributed by atoms with Crippen LogP contribution in [-0.2, 0) is 0 Å². The molecule has 76 valence electrons. The predicted octanol–water partition coefficient (Wildman–Crippen LogP) is 3.10. The number of aromatic amines is 1. The maximum atomic E-state index is 12.1. The van der Waals surface area contributed by atoms with Gasteiger partial charge in [-0.3, -0.25) is 4.79 Å². The molecule has 0 radical (unpaired) electrons. The van der Waals surface area contributed by atoms with E-state index >= 15 is 0 Å². The van der Waals surface area contributed by atoms with Crippen molar-refractivity contribution in [2.75, 3.05) is 0 Å². The van der Waals surface area contributed by atoms with Crippen molar-refractivity contribution in [3.63, 3.8) is 0 Å². The third kappa shape index (κ3) is 0.965. The van der Waals surface area contributed by atoms with Crippen LogP contribution in [0, 0.1) is 5.92 Å². The lowest BCUT2D eigenvalue weighted by Crippen LogP contribution is -2.07. The number of nitrogens with one attached hydrogen (secondary N) is 1.